The van der Waals surface area contributed by atoms with Gasteiger partial charge in [-0.3, -0.25) is 0 Å². The third-order valence-corrected chi connectivity index (χ3v) is 3.58. The summed E-state index contributed by atoms with van der Waals surface area (Å²) in [5.74, 6) is -0.561. The summed E-state index contributed by atoms with van der Waals surface area (Å²) < 4.78 is 54.5. The lowest BCUT2D eigenvalue weighted by atomic mass is 10.2. The van der Waals surface area contributed by atoms with Crippen LogP contribution in [0.5, 0.6) is 0 Å². The van der Waals surface area contributed by atoms with E-state index >= 15 is 0 Å². The maximum atomic E-state index is 13.1. The lowest BCUT2D eigenvalue weighted by molar-refractivity contribution is -0.195. The molecule has 2 rings (SSSR count). The predicted octanol–water partition coefficient (Wildman–Crippen LogP) is 3.64. The minimum Gasteiger partial charge on any atom is -0.444 e. The van der Waals surface area contributed by atoms with Gasteiger partial charge in [0, 0.05) is 17.1 Å². The highest BCUT2D eigenvalue weighted by Crippen LogP contribution is 2.25. The lowest BCUT2D eigenvalue weighted by Gasteiger charge is -2.13. The van der Waals surface area contributed by atoms with Crippen LogP contribution < -0.4 is 0 Å². The molecule has 1 atom stereocenters. The molecule has 3 nitrogen and oxygen atoms in total. The summed E-state index contributed by atoms with van der Waals surface area (Å²) >= 11 is 0.886. The van der Waals surface area contributed by atoms with Gasteiger partial charge in [-0.1, -0.05) is 6.07 Å². The van der Waals surface area contributed by atoms with Crippen LogP contribution in [0, 0.1) is 5.82 Å². The van der Waals surface area contributed by atoms with Crippen LogP contribution in [0.25, 0.3) is 11.5 Å². The van der Waals surface area contributed by atoms with Crippen molar-refractivity contribution in [2.45, 2.75) is 18.0 Å². The van der Waals surface area contributed by atoms with Crippen molar-refractivity contribution < 1.29 is 27.1 Å². The first-order valence-corrected chi connectivity index (χ1v) is 7.04. The summed E-state index contributed by atoms with van der Waals surface area (Å²) in [6.45, 7) is 0. The molecule has 1 aromatic carbocycles. The summed E-state index contributed by atoms with van der Waals surface area (Å²) in [6, 6.07) is 5.64. The number of aromatic nitrogens is 1. The van der Waals surface area contributed by atoms with E-state index in [1.165, 1.54) is 24.5 Å². The number of hydrogen-bond acceptors (Lipinski definition) is 4. The topological polar surface area (TPSA) is 46.3 Å². The average molecular weight is 321 g/mol. The summed E-state index contributed by atoms with van der Waals surface area (Å²) in [7, 11) is 0. The van der Waals surface area contributed by atoms with Crippen molar-refractivity contribution in [3.05, 3.63) is 42.0 Å². The normalized spacial score (nSPS) is 13.4. The Kier molecular flexibility index (Phi) is 4.89. The van der Waals surface area contributed by atoms with E-state index in [-0.39, 0.29) is 11.6 Å². The first-order valence-electron chi connectivity index (χ1n) is 5.89. The Bertz CT molecular complexity index is 600. The fourth-order valence-corrected chi connectivity index (χ4v) is 2.37. The molecule has 1 heterocycles. The van der Waals surface area contributed by atoms with Gasteiger partial charge in [0.1, 0.15) is 12.1 Å². The Morgan fingerprint density at radius 3 is 2.76 bits per heavy atom. The third-order valence-electron chi connectivity index (χ3n) is 2.53. The minimum atomic E-state index is -4.62. The van der Waals surface area contributed by atoms with Crippen molar-refractivity contribution >= 4 is 11.8 Å². The summed E-state index contributed by atoms with van der Waals surface area (Å²) in [5, 5.41) is 8.85. The number of oxazole rings is 1. The van der Waals surface area contributed by atoms with Gasteiger partial charge in [-0.05, 0) is 18.2 Å². The van der Waals surface area contributed by atoms with E-state index in [1.54, 1.807) is 6.07 Å². The van der Waals surface area contributed by atoms with E-state index in [2.05, 4.69) is 4.98 Å². The molecule has 0 spiro atoms. The van der Waals surface area contributed by atoms with E-state index in [0.29, 0.717) is 11.3 Å². The van der Waals surface area contributed by atoms with E-state index in [0.717, 1.165) is 11.8 Å². The van der Waals surface area contributed by atoms with Crippen molar-refractivity contribution in [3.8, 4) is 11.5 Å². The first kappa shape index (κ1) is 15.8. The Hall–Kier alpha value is -1.54. The highest BCUT2D eigenvalue weighted by Gasteiger charge is 2.37. The molecule has 0 aliphatic heterocycles. The molecule has 21 heavy (non-hydrogen) atoms. The number of aliphatic hydroxyl groups excluding tert-OH is 1. The molecule has 1 aromatic heterocycles. The monoisotopic (exact) mass is 321 g/mol. The SMILES string of the molecule is O[C@@H](CSCc1coc(-c2cccc(F)c2)n1)C(F)(F)F. The van der Waals surface area contributed by atoms with E-state index in [4.69, 9.17) is 9.52 Å². The summed E-state index contributed by atoms with van der Waals surface area (Å²) in [4.78, 5) is 4.06. The van der Waals surface area contributed by atoms with E-state index in [9.17, 15) is 17.6 Å². The van der Waals surface area contributed by atoms with Gasteiger partial charge in [-0.25, -0.2) is 9.37 Å². The third kappa shape index (κ3) is 4.47. The molecule has 114 valence electrons. The number of rotatable bonds is 5. The van der Waals surface area contributed by atoms with Gasteiger partial charge < -0.3 is 9.52 Å². The largest absolute Gasteiger partial charge is 0.444 e. The van der Waals surface area contributed by atoms with Crippen molar-refractivity contribution in [1.82, 2.24) is 4.98 Å². The zero-order valence-electron chi connectivity index (χ0n) is 10.6. The Morgan fingerprint density at radius 1 is 1.33 bits per heavy atom. The number of aliphatic hydroxyl groups is 1. The molecule has 8 heteroatoms. The smallest absolute Gasteiger partial charge is 0.415 e. The molecule has 2 aromatic rings. The molecule has 0 radical (unpaired) electrons. The lowest BCUT2D eigenvalue weighted by Crippen LogP contribution is -2.30. The molecular weight excluding hydrogens is 310 g/mol. The van der Waals surface area contributed by atoms with Crippen LogP contribution in [0.3, 0.4) is 0 Å². The van der Waals surface area contributed by atoms with E-state index in [1.807, 2.05) is 0 Å². The second-order valence-electron chi connectivity index (χ2n) is 4.23. The quantitative estimate of drug-likeness (QED) is 0.854. The van der Waals surface area contributed by atoms with Crippen molar-refractivity contribution in [1.29, 1.82) is 0 Å². The molecule has 0 bridgehead atoms. The summed E-state index contributed by atoms with van der Waals surface area (Å²) in [6.07, 6.45) is -5.69. The van der Waals surface area contributed by atoms with Crippen LogP contribution in [0.15, 0.2) is 34.9 Å². The maximum Gasteiger partial charge on any atom is 0.415 e. The Balaban J connectivity index is 1.92. The van der Waals surface area contributed by atoms with Gasteiger partial charge in [-0.15, -0.1) is 0 Å². The summed E-state index contributed by atoms with van der Waals surface area (Å²) in [5.41, 5.74) is 0.871. The molecule has 0 saturated carbocycles. The second-order valence-corrected chi connectivity index (χ2v) is 5.26. The fraction of sp³-hybridized carbons (Fsp3) is 0.308. The molecule has 0 fully saturated rings. The fourth-order valence-electron chi connectivity index (χ4n) is 1.50. The molecule has 0 aliphatic carbocycles. The van der Waals surface area contributed by atoms with E-state index < -0.39 is 23.9 Å². The average Bonchev–Trinajstić information content (AvgIpc) is 2.86. The first-order chi connectivity index (χ1) is 9.86. The molecular formula is C13H11F4NO2S. The van der Waals surface area contributed by atoms with Crippen molar-refractivity contribution in [2.24, 2.45) is 0 Å². The van der Waals surface area contributed by atoms with Crippen LogP contribution in [0.2, 0.25) is 0 Å². The molecule has 0 unspecified atom stereocenters. The van der Waals surface area contributed by atoms with Gasteiger partial charge in [0.05, 0.1) is 5.69 Å². The van der Waals surface area contributed by atoms with Crippen molar-refractivity contribution in [2.75, 3.05) is 5.75 Å². The van der Waals surface area contributed by atoms with Gasteiger partial charge in [0.2, 0.25) is 5.89 Å². The molecule has 0 aliphatic rings. The van der Waals surface area contributed by atoms with Crippen LogP contribution in [0.4, 0.5) is 17.6 Å². The maximum absolute atomic E-state index is 13.1. The standard InChI is InChI=1S/C13H11F4NO2S/c14-9-3-1-2-8(4-9)12-18-10(5-20-12)6-21-7-11(19)13(15,16)17/h1-5,11,19H,6-7H2/t11-/m0/s1. The second kappa shape index (κ2) is 6.48. The van der Waals surface area contributed by atoms with Crippen LogP contribution in [0.1, 0.15) is 5.69 Å². The van der Waals surface area contributed by atoms with Gasteiger partial charge >= 0.3 is 6.18 Å². The number of thioether (sulfide) groups is 1. The number of alkyl halides is 3. The van der Waals surface area contributed by atoms with Crippen molar-refractivity contribution in [3.63, 3.8) is 0 Å². The van der Waals surface area contributed by atoms with Gasteiger partial charge in [-0.2, -0.15) is 24.9 Å². The number of halogens is 4. The zero-order chi connectivity index (χ0) is 15.5. The Morgan fingerprint density at radius 2 is 2.10 bits per heavy atom. The Labute approximate surface area is 122 Å². The highest BCUT2D eigenvalue weighted by atomic mass is 32.2. The van der Waals surface area contributed by atoms with Crippen LogP contribution >= 0.6 is 11.8 Å². The number of hydrogen-bond donors (Lipinski definition) is 1. The minimum absolute atomic E-state index is 0.159. The van der Waals surface area contributed by atoms with Gasteiger partial charge in [0.25, 0.3) is 0 Å². The predicted molar refractivity (Wildman–Crippen MR) is 70.1 cm³/mol. The molecule has 0 saturated heterocycles. The number of nitrogens with zero attached hydrogens (tertiary/aromatic N) is 1. The van der Waals surface area contributed by atoms with Crippen LogP contribution in [-0.4, -0.2) is 28.1 Å². The molecule has 1 N–H and O–H groups in total. The molecule has 0 amide bonds. The highest BCUT2D eigenvalue weighted by molar-refractivity contribution is 7.98. The number of benzene rings is 1. The zero-order valence-corrected chi connectivity index (χ0v) is 11.4. The van der Waals surface area contributed by atoms with Crippen LogP contribution in [-0.2, 0) is 5.75 Å². The van der Waals surface area contributed by atoms with Gasteiger partial charge in [0.15, 0.2) is 6.10 Å².